The van der Waals surface area contributed by atoms with Gasteiger partial charge < -0.3 is 0 Å². The lowest BCUT2D eigenvalue weighted by Crippen LogP contribution is -1.85. The van der Waals surface area contributed by atoms with Gasteiger partial charge in [-0.25, -0.2) is 26.3 Å². The van der Waals surface area contributed by atoms with Gasteiger partial charge in [0, 0.05) is 6.07 Å². The van der Waals surface area contributed by atoms with E-state index in [1.54, 1.807) is 6.92 Å². The summed E-state index contributed by atoms with van der Waals surface area (Å²) in [7, 11) is 0. The number of aryl methyl sites for hydroxylation is 3. The van der Waals surface area contributed by atoms with E-state index in [9.17, 15) is 26.3 Å². The van der Waals surface area contributed by atoms with Gasteiger partial charge >= 0.3 is 0 Å². The molecule has 0 atom stereocenters. The predicted octanol–water partition coefficient (Wildman–Crippen LogP) is 9.90. The molecule has 33 heavy (non-hydrogen) atoms. The summed E-state index contributed by atoms with van der Waals surface area (Å²) in [6.45, 7) is 16.6. The van der Waals surface area contributed by atoms with Crippen molar-refractivity contribution >= 4 is 0 Å². The van der Waals surface area contributed by atoms with Gasteiger partial charge in [0.2, 0.25) is 0 Å². The highest BCUT2D eigenvalue weighted by atomic mass is 19.2. The molecule has 0 spiro atoms. The van der Waals surface area contributed by atoms with Crippen molar-refractivity contribution in [2.45, 2.75) is 62.3 Å². The van der Waals surface area contributed by atoms with Gasteiger partial charge in [0.25, 0.3) is 0 Å². The van der Waals surface area contributed by atoms with Crippen LogP contribution in [0, 0.1) is 55.7 Å². The molecule has 3 aromatic rings. The van der Waals surface area contributed by atoms with Crippen LogP contribution in [0.4, 0.5) is 26.3 Å². The second kappa shape index (κ2) is 21.1. The number of rotatable bonds is 0. The zero-order valence-electron chi connectivity index (χ0n) is 21.0. The van der Waals surface area contributed by atoms with Crippen LogP contribution in [0.2, 0.25) is 0 Å². The minimum Gasteiger partial charge on any atom is -0.207 e. The van der Waals surface area contributed by atoms with Crippen LogP contribution in [0.25, 0.3) is 0 Å². The monoisotopic (exact) mass is 474 g/mol. The number of halogens is 6. The molecule has 6 heteroatoms. The first-order chi connectivity index (χ1) is 15.6. The van der Waals surface area contributed by atoms with Crippen molar-refractivity contribution in [2.24, 2.45) is 0 Å². The Balaban J connectivity index is -0.000000367. The molecule has 0 N–H and O–H groups in total. The molecular formula is C27H36F6. The van der Waals surface area contributed by atoms with Crippen LogP contribution >= 0.6 is 0 Å². The summed E-state index contributed by atoms with van der Waals surface area (Å²) in [6.07, 6.45) is 0. The fourth-order valence-corrected chi connectivity index (χ4v) is 1.79. The average Bonchev–Trinajstić information content (AvgIpc) is 2.82. The van der Waals surface area contributed by atoms with E-state index in [0.717, 1.165) is 30.3 Å². The lowest BCUT2D eigenvalue weighted by molar-refractivity contribution is 0.503. The maximum Gasteiger partial charge on any atom is 0.161 e. The number of benzene rings is 3. The standard InChI is InChI=1S/3C7H6F2.3C2H6/c1-5-4-6(8)2-3-7(5)9;1-5-2-3-6(8)4-7(5)9;1-5-3-2-4-6(8)7(5)9;3*1-2/h3*2-4H,1H3;3*1-2H3. The molecule has 0 aromatic heterocycles. The largest absolute Gasteiger partial charge is 0.207 e. The Hall–Kier alpha value is -2.76. The van der Waals surface area contributed by atoms with Crippen LogP contribution in [0.5, 0.6) is 0 Å². The summed E-state index contributed by atoms with van der Waals surface area (Å²) < 4.78 is 73.5. The average molecular weight is 475 g/mol. The Bertz CT molecular complexity index is 822. The van der Waals surface area contributed by atoms with Crippen LogP contribution in [0.1, 0.15) is 58.2 Å². The van der Waals surface area contributed by atoms with Crippen LogP contribution in [-0.4, -0.2) is 0 Å². The first-order valence-corrected chi connectivity index (χ1v) is 10.9. The molecule has 0 aliphatic carbocycles. The Morgan fingerprint density at radius 3 is 1.27 bits per heavy atom. The van der Waals surface area contributed by atoms with E-state index in [-0.39, 0.29) is 5.82 Å². The van der Waals surface area contributed by atoms with Gasteiger partial charge in [-0.2, -0.15) is 0 Å². The first-order valence-electron chi connectivity index (χ1n) is 10.9. The van der Waals surface area contributed by atoms with Crippen LogP contribution in [-0.2, 0) is 0 Å². The normalized spacial score (nSPS) is 8.45. The Kier molecular flexibility index (Phi) is 22.3. The molecule has 0 amide bonds. The van der Waals surface area contributed by atoms with Crippen molar-refractivity contribution in [3.8, 4) is 0 Å². The van der Waals surface area contributed by atoms with E-state index in [4.69, 9.17) is 0 Å². The van der Waals surface area contributed by atoms with Gasteiger partial charge in [-0.15, -0.1) is 0 Å². The van der Waals surface area contributed by atoms with E-state index >= 15 is 0 Å². The minimum absolute atomic E-state index is 0.343. The molecule has 0 radical (unpaired) electrons. The Morgan fingerprint density at radius 1 is 0.424 bits per heavy atom. The third-order valence-corrected chi connectivity index (χ3v) is 3.40. The SMILES string of the molecule is CC.CC.CC.Cc1cc(F)ccc1F.Cc1ccc(F)cc1F.Cc1cccc(F)c1F. The molecule has 186 valence electrons. The van der Waals surface area contributed by atoms with E-state index < -0.39 is 29.1 Å². The molecule has 0 unspecified atom stereocenters. The number of hydrogen-bond donors (Lipinski definition) is 0. The fourth-order valence-electron chi connectivity index (χ4n) is 1.79. The third kappa shape index (κ3) is 15.6. The van der Waals surface area contributed by atoms with Crippen molar-refractivity contribution in [3.63, 3.8) is 0 Å². The Morgan fingerprint density at radius 2 is 0.909 bits per heavy atom. The molecular weight excluding hydrogens is 438 g/mol. The van der Waals surface area contributed by atoms with Crippen LogP contribution < -0.4 is 0 Å². The molecule has 0 saturated carbocycles. The van der Waals surface area contributed by atoms with E-state index in [0.29, 0.717) is 16.7 Å². The zero-order valence-corrected chi connectivity index (χ0v) is 21.0. The highest BCUT2D eigenvalue weighted by Crippen LogP contribution is 2.09. The summed E-state index contributed by atoms with van der Waals surface area (Å²) >= 11 is 0. The van der Waals surface area contributed by atoms with Gasteiger partial charge in [-0.3, -0.25) is 0 Å². The van der Waals surface area contributed by atoms with Crippen LogP contribution in [0.3, 0.4) is 0 Å². The smallest absolute Gasteiger partial charge is 0.161 e. The second-order valence-corrected chi connectivity index (χ2v) is 5.66. The quantitative estimate of drug-likeness (QED) is 0.284. The van der Waals surface area contributed by atoms with Crippen LogP contribution in [0.15, 0.2) is 54.6 Å². The molecule has 3 rings (SSSR count). The molecule has 0 saturated heterocycles. The predicted molar refractivity (Wildman–Crippen MR) is 127 cm³/mol. The van der Waals surface area contributed by atoms with E-state index in [2.05, 4.69) is 0 Å². The summed E-state index contributed by atoms with van der Waals surface area (Å²) in [5, 5.41) is 0. The van der Waals surface area contributed by atoms with E-state index in [1.165, 1.54) is 38.1 Å². The van der Waals surface area contributed by atoms with Gasteiger partial charge in [-0.1, -0.05) is 59.7 Å². The molecule has 0 aliphatic rings. The molecule has 0 fully saturated rings. The fraction of sp³-hybridized carbons (Fsp3) is 0.333. The van der Waals surface area contributed by atoms with Crippen molar-refractivity contribution in [1.82, 2.24) is 0 Å². The summed E-state index contributed by atoms with van der Waals surface area (Å²) in [4.78, 5) is 0. The molecule has 0 nitrogen and oxygen atoms in total. The first kappa shape index (κ1) is 34.8. The zero-order chi connectivity index (χ0) is 26.6. The lowest BCUT2D eigenvalue weighted by atomic mass is 10.2. The molecule has 3 aromatic carbocycles. The third-order valence-electron chi connectivity index (χ3n) is 3.40. The highest BCUT2D eigenvalue weighted by Gasteiger charge is 2.00. The van der Waals surface area contributed by atoms with Gasteiger partial charge in [0.05, 0.1) is 0 Å². The van der Waals surface area contributed by atoms with Gasteiger partial charge in [0.1, 0.15) is 23.3 Å². The van der Waals surface area contributed by atoms with Crippen molar-refractivity contribution < 1.29 is 26.3 Å². The maximum atomic E-state index is 12.4. The Labute approximate surface area is 195 Å². The molecule has 0 heterocycles. The van der Waals surface area contributed by atoms with Gasteiger partial charge in [-0.05, 0) is 67.8 Å². The minimum atomic E-state index is -0.782. The summed E-state index contributed by atoms with van der Waals surface area (Å²) in [5.74, 6) is -3.31. The van der Waals surface area contributed by atoms with Gasteiger partial charge in [0.15, 0.2) is 11.6 Å². The second-order valence-electron chi connectivity index (χ2n) is 5.66. The molecule has 0 aliphatic heterocycles. The topological polar surface area (TPSA) is 0 Å². The summed E-state index contributed by atoms with van der Waals surface area (Å²) in [5.41, 5.74) is 1.15. The molecule has 0 bridgehead atoms. The highest BCUT2D eigenvalue weighted by molar-refractivity contribution is 5.17. The van der Waals surface area contributed by atoms with Crippen molar-refractivity contribution in [2.75, 3.05) is 0 Å². The van der Waals surface area contributed by atoms with Crippen molar-refractivity contribution in [3.05, 3.63) is 106 Å². The maximum absolute atomic E-state index is 12.4. The van der Waals surface area contributed by atoms with Crippen molar-refractivity contribution in [1.29, 1.82) is 0 Å². The van der Waals surface area contributed by atoms with E-state index in [1.807, 2.05) is 41.5 Å². The summed E-state index contributed by atoms with van der Waals surface area (Å²) in [6, 6.07) is 11.0. The number of hydrogen-bond acceptors (Lipinski definition) is 0. The lowest BCUT2D eigenvalue weighted by Gasteiger charge is -1.93.